The standard InChI is InChI=1S/C15H10N6O2/c22-15(12-5-10-3-1-2-4-11(10)23-12)20-13-6-14(18-8-17-13)21-9-16-7-19-21/h1-9H,(H,17,18,20,22). The molecule has 4 aromatic rings. The summed E-state index contributed by atoms with van der Waals surface area (Å²) < 4.78 is 6.99. The molecular weight excluding hydrogens is 296 g/mol. The molecule has 0 unspecified atom stereocenters. The molecule has 3 aromatic heterocycles. The van der Waals surface area contributed by atoms with Gasteiger partial charge in [-0.3, -0.25) is 4.79 Å². The topological polar surface area (TPSA) is 98.7 Å². The van der Waals surface area contributed by atoms with E-state index in [-0.39, 0.29) is 11.7 Å². The molecule has 0 atom stereocenters. The van der Waals surface area contributed by atoms with E-state index in [9.17, 15) is 4.79 Å². The highest BCUT2D eigenvalue weighted by Gasteiger charge is 2.13. The first kappa shape index (κ1) is 13.1. The molecule has 112 valence electrons. The number of fused-ring (bicyclic) bond motifs is 1. The normalized spacial score (nSPS) is 10.8. The number of rotatable bonds is 3. The number of benzene rings is 1. The number of carbonyl (C=O) groups excluding carboxylic acids is 1. The number of anilines is 1. The molecule has 3 heterocycles. The van der Waals surface area contributed by atoms with Gasteiger partial charge in [-0.1, -0.05) is 18.2 Å². The van der Waals surface area contributed by atoms with Crippen LogP contribution in [0.3, 0.4) is 0 Å². The van der Waals surface area contributed by atoms with Crippen LogP contribution in [0.1, 0.15) is 10.6 Å². The van der Waals surface area contributed by atoms with Gasteiger partial charge in [-0.15, -0.1) is 0 Å². The maximum Gasteiger partial charge on any atom is 0.292 e. The van der Waals surface area contributed by atoms with Crippen LogP contribution >= 0.6 is 0 Å². The summed E-state index contributed by atoms with van der Waals surface area (Å²) in [6, 6.07) is 10.7. The van der Waals surface area contributed by atoms with Crippen molar-refractivity contribution >= 4 is 22.7 Å². The first-order chi connectivity index (χ1) is 11.3. The van der Waals surface area contributed by atoms with Gasteiger partial charge < -0.3 is 9.73 Å². The molecular formula is C15H10N6O2. The van der Waals surface area contributed by atoms with Crippen molar-refractivity contribution in [1.29, 1.82) is 0 Å². The fourth-order valence-corrected chi connectivity index (χ4v) is 2.14. The summed E-state index contributed by atoms with van der Waals surface area (Å²) in [5, 5.41) is 7.52. The van der Waals surface area contributed by atoms with E-state index < -0.39 is 0 Å². The van der Waals surface area contributed by atoms with Crippen molar-refractivity contribution in [2.24, 2.45) is 0 Å². The molecule has 8 nitrogen and oxygen atoms in total. The number of hydrogen-bond acceptors (Lipinski definition) is 6. The van der Waals surface area contributed by atoms with Gasteiger partial charge in [0.15, 0.2) is 11.6 Å². The monoisotopic (exact) mass is 306 g/mol. The molecule has 0 aliphatic carbocycles. The predicted octanol–water partition coefficient (Wildman–Crippen LogP) is 2.06. The minimum Gasteiger partial charge on any atom is -0.451 e. The molecule has 0 radical (unpaired) electrons. The van der Waals surface area contributed by atoms with Crippen molar-refractivity contribution in [2.75, 3.05) is 5.32 Å². The van der Waals surface area contributed by atoms with Crippen LogP contribution in [0.2, 0.25) is 0 Å². The molecule has 1 aromatic carbocycles. The molecule has 0 saturated heterocycles. The van der Waals surface area contributed by atoms with Crippen LogP contribution in [0.5, 0.6) is 0 Å². The maximum absolute atomic E-state index is 12.3. The first-order valence-electron chi connectivity index (χ1n) is 6.76. The summed E-state index contributed by atoms with van der Waals surface area (Å²) in [6.07, 6.45) is 4.24. The Balaban J connectivity index is 1.60. The Morgan fingerprint density at radius 3 is 2.87 bits per heavy atom. The minimum atomic E-state index is -0.385. The lowest BCUT2D eigenvalue weighted by Gasteiger charge is -2.04. The third-order valence-corrected chi connectivity index (χ3v) is 3.20. The Hall–Kier alpha value is -3.55. The van der Waals surface area contributed by atoms with Crippen molar-refractivity contribution in [3.63, 3.8) is 0 Å². The van der Waals surface area contributed by atoms with E-state index in [0.717, 1.165) is 5.39 Å². The van der Waals surface area contributed by atoms with Gasteiger partial charge >= 0.3 is 0 Å². The van der Waals surface area contributed by atoms with Crippen LogP contribution in [0.15, 0.2) is 59.8 Å². The predicted molar refractivity (Wildman–Crippen MR) is 81.1 cm³/mol. The molecule has 0 saturated carbocycles. The Kier molecular flexibility index (Phi) is 3.05. The molecule has 0 aliphatic rings. The fraction of sp³-hybridized carbons (Fsp3) is 0. The summed E-state index contributed by atoms with van der Waals surface area (Å²) in [6.45, 7) is 0. The summed E-state index contributed by atoms with van der Waals surface area (Å²) in [5.74, 6) is 0.671. The zero-order valence-electron chi connectivity index (χ0n) is 11.7. The minimum absolute atomic E-state index is 0.215. The number of nitrogens with zero attached hydrogens (tertiary/aromatic N) is 5. The molecule has 23 heavy (non-hydrogen) atoms. The third-order valence-electron chi connectivity index (χ3n) is 3.20. The van der Waals surface area contributed by atoms with Gasteiger partial charge in [-0.05, 0) is 12.1 Å². The third kappa shape index (κ3) is 2.53. The van der Waals surface area contributed by atoms with Crippen molar-refractivity contribution in [1.82, 2.24) is 24.7 Å². The Labute approximate surface area is 129 Å². The average molecular weight is 306 g/mol. The number of carbonyl (C=O) groups is 1. The molecule has 8 heteroatoms. The van der Waals surface area contributed by atoms with Crippen LogP contribution in [0, 0.1) is 0 Å². The second-order valence-corrected chi connectivity index (χ2v) is 4.70. The zero-order valence-corrected chi connectivity index (χ0v) is 11.7. The number of nitrogens with one attached hydrogen (secondary N) is 1. The number of para-hydroxylation sites is 1. The number of aromatic nitrogens is 5. The van der Waals surface area contributed by atoms with Gasteiger partial charge in [0.1, 0.15) is 30.4 Å². The van der Waals surface area contributed by atoms with E-state index in [1.54, 1.807) is 18.2 Å². The highest BCUT2D eigenvalue weighted by atomic mass is 16.3. The molecule has 0 fully saturated rings. The lowest BCUT2D eigenvalue weighted by Crippen LogP contribution is -2.13. The summed E-state index contributed by atoms with van der Waals surface area (Å²) in [7, 11) is 0. The second kappa shape index (κ2) is 5.34. The zero-order chi connectivity index (χ0) is 15.6. The van der Waals surface area contributed by atoms with E-state index in [0.29, 0.717) is 17.2 Å². The molecule has 1 amide bonds. The summed E-state index contributed by atoms with van der Waals surface area (Å²) in [4.78, 5) is 24.2. The van der Waals surface area contributed by atoms with E-state index in [1.165, 1.54) is 23.7 Å². The van der Waals surface area contributed by atoms with Gasteiger partial charge in [-0.2, -0.15) is 5.10 Å². The molecule has 4 rings (SSSR count). The van der Waals surface area contributed by atoms with Crippen LogP contribution in [-0.2, 0) is 0 Å². The van der Waals surface area contributed by atoms with Crippen molar-refractivity contribution < 1.29 is 9.21 Å². The van der Waals surface area contributed by atoms with E-state index in [1.807, 2.05) is 18.2 Å². The van der Waals surface area contributed by atoms with Gasteiger partial charge in [-0.25, -0.2) is 19.6 Å². The van der Waals surface area contributed by atoms with Crippen LogP contribution in [0.25, 0.3) is 16.8 Å². The van der Waals surface area contributed by atoms with Crippen molar-refractivity contribution in [3.8, 4) is 5.82 Å². The second-order valence-electron chi connectivity index (χ2n) is 4.70. The molecule has 1 N–H and O–H groups in total. The highest BCUT2D eigenvalue weighted by molar-refractivity contribution is 6.04. The highest BCUT2D eigenvalue weighted by Crippen LogP contribution is 2.19. The van der Waals surface area contributed by atoms with Crippen LogP contribution in [0.4, 0.5) is 5.82 Å². The Morgan fingerprint density at radius 2 is 2.04 bits per heavy atom. The fourth-order valence-electron chi connectivity index (χ4n) is 2.14. The van der Waals surface area contributed by atoms with E-state index >= 15 is 0 Å². The van der Waals surface area contributed by atoms with Gasteiger partial charge in [0, 0.05) is 11.5 Å². The number of hydrogen-bond donors (Lipinski definition) is 1. The molecule has 0 bridgehead atoms. The average Bonchev–Trinajstić information content (AvgIpc) is 3.24. The lowest BCUT2D eigenvalue weighted by molar-refractivity contribution is 0.0998. The lowest BCUT2D eigenvalue weighted by atomic mass is 10.2. The molecule has 0 spiro atoms. The van der Waals surface area contributed by atoms with Crippen molar-refractivity contribution in [2.45, 2.75) is 0 Å². The Morgan fingerprint density at radius 1 is 1.13 bits per heavy atom. The number of furan rings is 1. The smallest absolute Gasteiger partial charge is 0.292 e. The SMILES string of the molecule is O=C(Nc1cc(-n2cncn2)ncn1)c1cc2ccccc2o1. The number of amides is 1. The summed E-state index contributed by atoms with van der Waals surface area (Å²) >= 11 is 0. The maximum atomic E-state index is 12.3. The van der Waals surface area contributed by atoms with Crippen LogP contribution in [-0.4, -0.2) is 30.6 Å². The van der Waals surface area contributed by atoms with Crippen molar-refractivity contribution in [3.05, 3.63) is 61.1 Å². The quantitative estimate of drug-likeness (QED) is 0.622. The van der Waals surface area contributed by atoms with Crippen LogP contribution < -0.4 is 5.32 Å². The van der Waals surface area contributed by atoms with E-state index in [4.69, 9.17) is 4.42 Å². The first-order valence-corrected chi connectivity index (χ1v) is 6.76. The summed E-state index contributed by atoms with van der Waals surface area (Å²) in [5.41, 5.74) is 0.656. The van der Waals surface area contributed by atoms with Gasteiger partial charge in [0.05, 0.1) is 0 Å². The van der Waals surface area contributed by atoms with Gasteiger partial charge in [0.2, 0.25) is 0 Å². The molecule has 0 aliphatic heterocycles. The van der Waals surface area contributed by atoms with Gasteiger partial charge in [0.25, 0.3) is 5.91 Å². The Bertz CT molecular complexity index is 943. The largest absolute Gasteiger partial charge is 0.451 e. The van der Waals surface area contributed by atoms with E-state index in [2.05, 4.69) is 25.4 Å².